The predicted octanol–water partition coefficient (Wildman–Crippen LogP) is 8.52. The highest BCUT2D eigenvalue weighted by Crippen LogP contribution is 2.40. The van der Waals surface area contributed by atoms with Crippen molar-refractivity contribution < 1.29 is 0 Å². The molecule has 0 amide bonds. The quantitative estimate of drug-likeness (QED) is 0.454. The van der Waals surface area contributed by atoms with Gasteiger partial charge in [0.15, 0.2) is 0 Å². The Morgan fingerprint density at radius 3 is 2.50 bits per heavy atom. The fourth-order valence-electron chi connectivity index (χ4n) is 5.30. The second-order valence-electron chi connectivity index (χ2n) is 10.5. The molecule has 2 aliphatic rings. The minimum Gasteiger partial charge on any atom is -0.129 e. The predicted molar refractivity (Wildman–Crippen MR) is 131 cm³/mol. The average Bonchev–Trinajstić information content (AvgIpc) is 3.14. The van der Waals surface area contributed by atoms with Crippen LogP contribution in [0.2, 0.25) is 0 Å². The minimum atomic E-state index is 0.189. The first kappa shape index (κ1) is 21.0. The van der Waals surface area contributed by atoms with Gasteiger partial charge in [-0.25, -0.2) is 0 Å². The van der Waals surface area contributed by atoms with Crippen LogP contribution in [0.3, 0.4) is 0 Å². The molecule has 0 spiro atoms. The molecule has 4 rings (SSSR count). The van der Waals surface area contributed by atoms with Crippen molar-refractivity contribution in [3.8, 4) is 11.1 Å². The molecule has 0 N–H and O–H groups in total. The number of rotatable bonds is 4. The van der Waals surface area contributed by atoms with E-state index in [0.717, 1.165) is 18.8 Å². The summed E-state index contributed by atoms with van der Waals surface area (Å²) < 4.78 is 0. The molecule has 0 bridgehead atoms. The summed E-state index contributed by atoms with van der Waals surface area (Å²) >= 11 is 0. The Balaban J connectivity index is 1.58. The van der Waals surface area contributed by atoms with Crippen LogP contribution < -0.4 is 0 Å². The number of fused-ring (bicyclic) bond motifs is 1. The van der Waals surface area contributed by atoms with Crippen LogP contribution in [0, 0.1) is 11.8 Å². The molecule has 0 heterocycles. The lowest BCUT2D eigenvalue weighted by Gasteiger charge is -2.28. The van der Waals surface area contributed by atoms with E-state index in [2.05, 4.69) is 88.5 Å². The molecule has 0 saturated heterocycles. The molecule has 1 fully saturated rings. The summed E-state index contributed by atoms with van der Waals surface area (Å²) in [5.41, 5.74) is 13.4. The highest BCUT2D eigenvalue weighted by molar-refractivity contribution is 5.81. The van der Waals surface area contributed by atoms with Gasteiger partial charge in [0.05, 0.1) is 0 Å². The van der Waals surface area contributed by atoms with Gasteiger partial charge in [0, 0.05) is 0 Å². The standard InChI is InChI=1S/C30H36/c1-6-23(25-10-7-9-21(2)17-25)18-22-19-26-11-8-12-28(29(26)20-22)24-13-15-27(16-14-24)30(3,4)5/h8,11-16,20-21,25H,1,7,9-10,17-19H2,2-5H3. The molecule has 1 saturated carbocycles. The summed E-state index contributed by atoms with van der Waals surface area (Å²) in [6.07, 6.45) is 9.91. The van der Waals surface area contributed by atoms with Gasteiger partial charge >= 0.3 is 0 Å². The van der Waals surface area contributed by atoms with Crippen molar-refractivity contribution in [1.82, 2.24) is 0 Å². The van der Waals surface area contributed by atoms with Crippen LogP contribution in [-0.4, -0.2) is 0 Å². The Kier molecular flexibility index (Phi) is 5.90. The zero-order valence-electron chi connectivity index (χ0n) is 19.2. The molecule has 2 unspecified atom stereocenters. The Bertz CT molecular complexity index is 987. The van der Waals surface area contributed by atoms with Crippen LogP contribution in [0.4, 0.5) is 0 Å². The molecule has 30 heavy (non-hydrogen) atoms. The normalized spacial score (nSPS) is 21.0. The van der Waals surface area contributed by atoms with E-state index in [9.17, 15) is 0 Å². The molecule has 0 aliphatic heterocycles. The third-order valence-electron chi connectivity index (χ3n) is 7.10. The summed E-state index contributed by atoms with van der Waals surface area (Å²) in [4.78, 5) is 0. The van der Waals surface area contributed by atoms with Crippen molar-refractivity contribution in [3.05, 3.63) is 82.6 Å². The summed E-state index contributed by atoms with van der Waals surface area (Å²) in [6, 6.07) is 16.0. The molecule has 2 aromatic carbocycles. The van der Waals surface area contributed by atoms with Gasteiger partial charge in [-0.2, -0.15) is 0 Å². The van der Waals surface area contributed by atoms with Crippen molar-refractivity contribution in [2.75, 3.05) is 0 Å². The molecule has 2 aliphatic carbocycles. The zero-order chi connectivity index (χ0) is 21.3. The van der Waals surface area contributed by atoms with E-state index < -0.39 is 0 Å². The second kappa shape index (κ2) is 8.44. The van der Waals surface area contributed by atoms with Crippen molar-refractivity contribution in [2.24, 2.45) is 11.8 Å². The van der Waals surface area contributed by atoms with E-state index in [1.165, 1.54) is 64.6 Å². The van der Waals surface area contributed by atoms with Crippen LogP contribution >= 0.6 is 0 Å². The first-order valence-corrected chi connectivity index (χ1v) is 11.7. The molecule has 0 radical (unpaired) electrons. The summed E-state index contributed by atoms with van der Waals surface area (Å²) in [5, 5.41) is 0. The minimum absolute atomic E-state index is 0.189. The van der Waals surface area contributed by atoms with Crippen LogP contribution in [0.25, 0.3) is 17.2 Å². The smallest absolute Gasteiger partial charge is 0.00229 e. The van der Waals surface area contributed by atoms with E-state index in [0.29, 0.717) is 5.92 Å². The van der Waals surface area contributed by atoms with Gasteiger partial charge in [-0.05, 0) is 76.3 Å². The van der Waals surface area contributed by atoms with E-state index in [-0.39, 0.29) is 5.41 Å². The van der Waals surface area contributed by atoms with Crippen LogP contribution in [0.15, 0.2) is 65.9 Å². The molecular formula is C30H36. The van der Waals surface area contributed by atoms with Crippen molar-refractivity contribution in [3.63, 3.8) is 0 Å². The topological polar surface area (TPSA) is 0 Å². The first-order chi connectivity index (χ1) is 14.3. The molecule has 0 aromatic heterocycles. The maximum atomic E-state index is 4.06. The van der Waals surface area contributed by atoms with Crippen molar-refractivity contribution >= 4 is 6.08 Å². The van der Waals surface area contributed by atoms with Crippen molar-refractivity contribution in [1.29, 1.82) is 0 Å². The third kappa shape index (κ3) is 4.40. The van der Waals surface area contributed by atoms with Crippen molar-refractivity contribution in [2.45, 2.75) is 71.6 Å². The SMILES string of the molecule is C=C=C(CC1=Cc2c(cccc2-c2ccc(C(C)(C)C)cc2)C1)C1CCCC(C)C1. The van der Waals surface area contributed by atoms with Gasteiger partial charge in [-0.3, -0.25) is 0 Å². The second-order valence-corrected chi connectivity index (χ2v) is 10.5. The maximum absolute atomic E-state index is 4.06. The van der Waals surface area contributed by atoms with Gasteiger partial charge in [0.25, 0.3) is 0 Å². The number of hydrogen-bond donors (Lipinski definition) is 0. The molecular weight excluding hydrogens is 360 g/mol. The third-order valence-corrected chi connectivity index (χ3v) is 7.10. The first-order valence-electron chi connectivity index (χ1n) is 11.7. The van der Waals surface area contributed by atoms with Crippen LogP contribution in [0.1, 0.15) is 76.5 Å². The maximum Gasteiger partial charge on any atom is -0.00229 e. The Labute approximate surface area is 183 Å². The monoisotopic (exact) mass is 396 g/mol. The van der Waals surface area contributed by atoms with Gasteiger partial charge in [-0.1, -0.05) is 101 Å². The van der Waals surface area contributed by atoms with Gasteiger partial charge in [0.2, 0.25) is 0 Å². The van der Waals surface area contributed by atoms with E-state index in [1.54, 1.807) is 0 Å². The molecule has 0 heteroatoms. The Morgan fingerprint density at radius 1 is 1.07 bits per heavy atom. The molecule has 156 valence electrons. The lowest BCUT2D eigenvalue weighted by Crippen LogP contribution is -2.15. The molecule has 2 atom stereocenters. The van der Waals surface area contributed by atoms with E-state index >= 15 is 0 Å². The largest absolute Gasteiger partial charge is 0.129 e. The summed E-state index contributed by atoms with van der Waals surface area (Å²) in [7, 11) is 0. The number of allylic oxidation sites excluding steroid dienone is 2. The summed E-state index contributed by atoms with van der Waals surface area (Å²) in [5.74, 6) is 1.52. The Hall–Kier alpha value is -2.30. The fraction of sp³-hybridized carbons (Fsp3) is 0.433. The molecule has 2 aromatic rings. The lowest BCUT2D eigenvalue weighted by atomic mass is 9.77. The average molecular weight is 397 g/mol. The van der Waals surface area contributed by atoms with Gasteiger partial charge in [-0.15, -0.1) is 5.73 Å². The zero-order valence-corrected chi connectivity index (χ0v) is 19.2. The summed E-state index contributed by atoms with van der Waals surface area (Å²) in [6.45, 7) is 13.3. The molecule has 0 nitrogen and oxygen atoms in total. The fourth-order valence-corrected chi connectivity index (χ4v) is 5.30. The Morgan fingerprint density at radius 2 is 1.83 bits per heavy atom. The number of hydrogen-bond acceptors (Lipinski definition) is 0. The van der Waals surface area contributed by atoms with Crippen LogP contribution in [-0.2, 0) is 11.8 Å². The van der Waals surface area contributed by atoms with Gasteiger partial charge < -0.3 is 0 Å². The van der Waals surface area contributed by atoms with Gasteiger partial charge in [0.1, 0.15) is 0 Å². The highest BCUT2D eigenvalue weighted by atomic mass is 14.3. The highest BCUT2D eigenvalue weighted by Gasteiger charge is 2.24. The van der Waals surface area contributed by atoms with Crippen LogP contribution in [0.5, 0.6) is 0 Å². The number of benzene rings is 2. The van der Waals surface area contributed by atoms with E-state index in [1.807, 2.05) is 0 Å². The van der Waals surface area contributed by atoms with E-state index in [4.69, 9.17) is 0 Å². The lowest BCUT2D eigenvalue weighted by molar-refractivity contribution is 0.311.